The second-order valence-corrected chi connectivity index (χ2v) is 7.71. The molecule has 0 spiro atoms. The largest absolute Gasteiger partial charge is 0.478 e. The summed E-state index contributed by atoms with van der Waals surface area (Å²) >= 11 is 6.27. The summed E-state index contributed by atoms with van der Waals surface area (Å²) in [4.78, 5) is 37.1. The van der Waals surface area contributed by atoms with E-state index >= 15 is 0 Å². The number of thiocarbonyl (C=S) groups is 1. The van der Waals surface area contributed by atoms with E-state index in [2.05, 4.69) is 5.32 Å². The number of carbonyl (C=O) groups excluding carboxylic acids is 2. The van der Waals surface area contributed by atoms with E-state index in [-0.39, 0.29) is 35.9 Å². The van der Waals surface area contributed by atoms with Crippen LogP contribution in [0.25, 0.3) is 6.08 Å². The summed E-state index contributed by atoms with van der Waals surface area (Å²) in [6.45, 7) is 0.0817. The summed E-state index contributed by atoms with van der Waals surface area (Å²) in [6.07, 6.45) is 1.44. The Morgan fingerprint density at radius 3 is 2.52 bits per heavy atom. The number of carboxylic acid groups (broad SMARTS) is 1. The average molecular weight is 430 g/mol. The molecule has 1 aliphatic rings. The molecule has 0 atom stereocenters. The third kappa shape index (κ3) is 5.07. The number of halogens is 1. The summed E-state index contributed by atoms with van der Waals surface area (Å²) in [7, 11) is 0. The molecule has 1 saturated heterocycles. The molecule has 2 N–H and O–H groups in total. The van der Waals surface area contributed by atoms with Crippen molar-refractivity contribution < 1.29 is 23.9 Å². The van der Waals surface area contributed by atoms with Gasteiger partial charge in [-0.3, -0.25) is 14.5 Å². The van der Waals surface area contributed by atoms with Crippen LogP contribution in [0.1, 0.15) is 22.3 Å². The maximum atomic E-state index is 13.8. The smallest absolute Gasteiger partial charge is 0.335 e. The Bertz CT molecular complexity index is 1020. The number of nitrogens with one attached hydrogen (secondary N) is 1. The van der Waals surface area contributed by atoms with Crippen molar-refractivity contribution in [2.24, 2.45) is 0 Å². The van der Waals surface area contributed by atoms with Gasteiger partial charge in [-0.25, -0.2) is 9.18 Å². The van der Waals surface area contributed by atoms with Gasteiger partial charge in [0, 0.05) is 24.2 Å². The van der Waals surface area contributed by atoms with Crippen LogP contribution in [-0.4, -0.2) is 38.7 Å². The lowest BCUT2D eigenvalue weighted by atomic mass is 10.2. The van der Waals surface area contributed by atoms with Crippen molar-refractivity contribution in [3.63, 3.8) is 0 Å². The van der Waals surface area contributed by atoms with Gasteiger partial charge in [0.2, 0.25) is 5.91 Å². The number of aromatic carboxylic acids is 1. The summed E-state index contributed by atoms with van der Waals surface area (Å²) in [6, 6.07) is 11.8. The maximum absolute atomic E-state index is 13.8. The number of rotatable bonds is 6. The predicted octanol–water partition coefficient (Wildman–Crippen LogP) is 3.75. The van der Waals surface area contributed by atoms with Crippen molar-refractivity contribution in [3.05, 3.63) is 70.4 Å². The van der Waals surface area contributed by atoms with E-state index in [1.807, 2.05) is 0 Å². The molecule has 1 heterocycles. The molecule has 29 heavy (non-hydrogen) atoms. The van der Waals surface area contributed by atoms with Gasteiger partial charge in [-0.1, -0.05) is 42.2 Å². The topological polar surface area (TPSA) is 86.7 Å². The molecule has 0 bridgehead atoms. The van der Waals surface area contributed by atoms with E-state index < -0.39 is 11.8 Å². The van der Waals surface area contributed by atoms with Gasteiger partial charge < -0.3 is 10.4 Å². The number of hydrogen-bond donors (Lipinski definition) is 2. The van der Waals surface area contributed by atoms with E-state index in [1.165, 1.54) is 41.3 Å². The van der Waals surface area contributed by atoms with E-state index in [0.29, 0.717) is 14.9 Å². The molecule has 0 aliphatic carbocycles. The number of nitrogens with zero attached hydrogens (tertiary/aromatic N) is 1. The Labute approximate surface area is 175 Å². The first-order chi connectivity index (χ1) is 13.8. The van der Waals surface area contributed by atoms with Crippen LogP contribution in [0.15, 0.2) is 53.4 Å². The number of amides is 2. The van der Waals surface area contributed by atoms with Gasteiger partial charge >= 0.3 is 5.97 Å². The van der Waals surface area contributed by atoms with Gasteiger partial charge in [-0.05, 0) is 36.4 Å². The fourth-order valence-corrected chi connectivity index (χ4v) is 3.86. The molecule has 1 fully saturated rings. The molecule has 0 radical (unpaired) electrons. The lowest BCUT2D eigenvalue weighted by Crippen LogP contribution is -2.31. The number of anilines is 1. The van der Waals surface area contributed by atoms with Gasteiger partial charge in [0.15, 0.2) is 0 Å². The third-order valence-corrected chi connectivity index (χ3v) is 5.42. The molecule has 1 aliphatic heterocycles. The first-order valence-electron chi connectivity index (χ1n) is 8.48. The zero-order valence-electron chi connectivity index (χ0n) is 14.9. The Kier molecular flexibility index (Phi) is 6.40. The normalized spacial score (nSPS) is 15.1. The monoisotopic (exact) mass is 430 g/mol. The molecule has 0 unspecified atom stereocenters. The average Bonchev–Trinajstić information content (AvgIpc) is 2.95. The first kappa shape index (κ1) is 20.7. The highest BCUT2D eigenvalue weighted by Crippen LogP contribution is 2.33. The molecule has 2 aromatic rings. The van der Waals surface area contributed by atoms with Crippen LogP contribution in [0.3, 0.4) is 0 Å². The summed E-state index contributed by atoms with van der Waals surface area (Å²) in [5.74, 6) is -2.21. The fraction of sp³-hybridized carbons (Fsp3) is 0.100. The minimum atomic E-state index is -1.05. The number of thioether (sulfide) groups is 1. The molecule has 9 heteroatoms. The Hall–Kier alpha value is -3.04. The molecule has 6 nitrogen and oxygen atoms in total. The molecular formula is C20H15FN2O4S2. The molecule has 2 aromatic carbocycles. The number of benzene rings is 2. The van der Waals surface area contributed by atoms with Crippen LogP contribution in [0.4, 0.5) is 10.1 Å². The van der Waals surface area contributed by atoms with E-state index in [4.69, 9.17) is 17.3 Å². The number of hydrogen-bond acceptors (Lipinski definition) is 5. The van der Waals surface area contributed by atoms with Crippen molar-refractivity contribution in [1.82, 2.24) is 4.90 Å². The van der Waals surface area contributed by atoms with Crippen molar-refractivity contribution in [3.8, 4) is 0 Å². The second-order valence-electron chi connectivity index (χ2n) is 6.04. The summed E-state index contributed by atoms with van der Waals surface area (Å²) in [5, 5.41) is 11.5. The van der Waals surface area contributed by atoms with Gasteiger partial charge in [-0.2, -0.15) is 0 Å². The van der Waals surface area contributed by atoms with Gasteiger partial charge in [0.25, 0.3) is 5.91 Å². The van der Waals surface area contributed by atoms with Crippen LogP contribution in [0, 0.1) is 5.82 Å². The highest BCUT2D eigenvalue weighted by Gasteiger charge is 2.32. The molecule has 3 rings (SSSR count). The highest BCUT2D eigenvalue weighted by atomic mass is 32.2. The predicted molar refractivity (Wildman–Crippen MR) is 113 cm³/mol. The van der Waals surface area contributed by atoms with E-state index in [1.54, 1.807) is 18.2 Å². The van der Waals surface area contributed by atoms with Crippen LogP contribution in [0.2, 0.25) is 0 Å². The minimum Gasteiger partial charge on any atom is -0.478 e. The van der Waals surface area contributed by atoms with Crippen molar-refractivity contribution in [1.29, 1.82) is 0 Å². The van der Waals surface area contributed by atoms with Gasteiger partial charge in [-0.15, -0.1) is 0 Å². The third-order valence-electron chi connectivity index (χ3n) is 4.04. The number of carboxylic acids is 1. The lowest BCUT2D eigenvalue weighted by Gasteiger charge is -2.14. The van der Waals surface area contributed by atoms with E-state index in [0.717, 1.165) is 11.8 Å². The molecule has 2 amide bonds. The summed E-state index contributed by atoms with van der Waals surface area (Å²) < 4.78 is 14.1. The molecule has 0 aromatic heterocycles. The SMILES string of the molecule is O=C(CCN1C(=O)/C(=C/c2ccccc2F)SC1=S)Nc1ccc(C(=O)O)cc1. The Morgan fingerprint density at radius 1 is 1.17 bits per heavy atom. The highest BCUT2D eigenvalue weighted by molar-refractivity contribution is 8.26. The maximum Gasteiger partial charge on any atom is 0.335 e. The van der Waals surface area contributed by atoms with E-state index in [9.17, 15) is 18.8 Å². The zero-order valence-corrected chi connectivity index (χ0v) is 16.6. The molecule has 0 saturated carbocycles. The first-order valence-corrected chi connectivity index (χ1v) is 9.71. The standard InChI is InChI=1S/C20H15FN2O4S2/c21-15-4-2-1-3-13(15)11-16-18(25)23(20(28)29-16)10-9-17(24)22-14-7-5-12(6-8-14)19(26)27/h1-8,11H,9-10H2,(H,22,24)(H,26,27)/b16-11-. The molecule has 148 valence electrons. The minimum absolute atomic E-state index is 0.0000993. The van der Waals surface area contributed by atoms with Crippen molar-refractivity contribution in [2.45, 2.75) is 6.42 Å². The van der Waals surface area contributed by atoms with Crippen LogP contribution in [-0.2, 0) is 9.59 Å². The second kappa shape index (κ2) is 8.97. The lowest BCUT2D eigenvalue weighted by molar-refractivity contribution is -0.122. The number of carbonyl (C=O) groups is 3. The zero-order chi connectivity index (χ0) is 21.0. The van der Waals surface area contributed by atoms with Crippen molar-refractivity contribution in [2.75, 3.05) is 11.9 Å². The van der Waals surface area contributed by atoms with Crippen LogP contribution >= 0.6 is 24.0 Å². The van der Waals surface area contributed by atoms with Crippen LogP contribution < -0.4 is 5.32 Å². The Balaban J connectivity index is 1.59. The van der Waals surface area contributed by atoms with Gasteiger partial charge in [0.1, 0.15) is 10.1 Å². The summed E-state index contributed by atoms with van der Waals surface area (Å²) in [5.41, 5.74) is 0.850. The van der Waals surface area contributed by atoms with Crippen molar-refractivity contribution >= 4 is 57.8 Å². The van der Waals surface area contributed by atoms with Crippen LogP contribution in [0.5, 0.6) is 0 Å². The Morgan fingerprint density at radius 2 is 1.86 bits per heavy atom. The van der Waals surface area contributed by atoms with Gasteiger partial charge in [0.05, 0.1) is 10.5 Å². The quantitative estimate of drug-likeness (QED) is 0.536. The fourth-order valence-electron chi connectivity index (χ4n) is 2.56. The molecular weight excluding hydrogens is 415 g/mol.